The van der Waals surface area contributed by atoms with Gasteiger partial charge in [-0.25, -0.2) is 5.43 Å². The van der Waals surface area contributed by atoms with Crippen LogP contribution in [0.3, 0.4) is 0 Å². The molecule has 0 spiro atoms. The molecule has 0 fully saturated rings. The summed E-state index contributed by atoms with van der Waals surface area (Å²) < 4.78 is 0. The number of carbonyl (C=O) groups excluding carboxylic acids is 1. The van der Waals surface area contributed by atoms with Crippen molar-refractivity contribution < 1.29 is 14.8 Å². The minimum Gasteiger partial charge on any atom is -0.872 e. The Bertz CT molecular complexity index is 1070. The quantitative estimate of drug-likeness (QED) is 0.389. The van der Waals surface area contributed by atoms with Crippen LogP contribution in [0.4, 0.5) is 11.4 Å². The summed E-state index contributed by atoms with van der Waals surface area (Å²) in [5.74, 6) is -0.840. The van der Waals surface area contributed by atoms with Gasteiger partial charge in [-0.15, -0.1) is 0 Å². The van der Waals surface area contributed by atoms with E-state index >= 15 is 0 Å². The van der Waals surface area contributed by atoms with Gasteiger partial charge in [0.05, 0.1) is 11.1 Å². The van der Waals surface area contributed by atoms with Crippen LogP contribution in [0.25, 0.3) is 10.8 Å². The maximum Gasteiger partial charge on any atom is 0.270 e. The highest BCUT2D eigenvalue weighted by molar-refractivity contribution is 5.89. The van der Waals surface area contributed by atoms with Crippen LogP contribution >= 0.6 is 0 Å². The average molecular weight is 377 g/mol. The number of hydrazone groups is 1. The zero-order valence-corrected chi connectivity index (χ0v) is 15.0. The van der Waals surface area contributed by atoms with Crippen molar-refractivity contribution in [1.82, 2.24) is 5.43 Å². The molecule has 2 N–H and O–H groups in total. The van der Waals surface area contributed by atoms with E-state index < -0.39 is 22.6 Å². The monoisotopic (exact) mass is 377 g/mol. The molecule has 28 heavy (non-hydrogen) atoms. The van der Waals surface area contributed by atoms with Crippen molar-refractivity contribution in [2.24, 2.45) is 5.10 Å². The summed E-state index contributed by atoms with van der Waals surface area (Å²) in [7, 11) is 0. The summed E-state index contributed by atoms with van der Waals surface area (Å²) in [6.45, 7) is 1.67. The number of hydrogen-bond donors (Lipinski definition) is 2. The number of nitrogens with one attached hydrogen (secondary N) is 2. The van der Waals surface area contributed by atoms with Gasteiger partial charge in [0, 0.05) is 17.8 Å². The lowest BCUT2D eigenvalue weighted by Crippen LogP contribution is -2.34. The summed E-state index contributed by atoms with van der Waals surface area (Å²) in [4.78, 5) is 22.4. The van der Waals surface area contributed by atoms with Gasteiger partial charge in [-0.2, -0.15) is 5.10 Å². The molecule has 0 bridgehead atoms. The van der Waals surface area contributed by atoms with Gasteiger partial charge < -0.3 is 10.4 Å². The summed E-state index contributed by atoms with van der Waals surface area (Å²) >= 11 is 0. The van der Waals surface area contributed by atoms with Crippen molar-refractivity contribution in [3.05, 3.63) is 76.3 Å². The van der Waals surface area contributed by atoms with Crippen LogP contribution in [0.1, 0.15) is 12.5 Å². The zero-order chi connectivity index (χ0) is 20.1. The highest BCUT2D eigenvalue weighted by Crippen LogP contribution is 2.20. The first-order valence-electron chi connectivity index (χ1n) is 8.48. The van der Waals surface area contributed by atoms with E-state index in [1.807, 2.05) is 42.5 Å². The molecular weight excluding hydrogens is 360 g/mol. The predicted octanol–water partition coefficient (Wildman–Crippen LogP) is 2.77. The lowest BCUT2D eigenvalue weighted by Gasteiger charge is -2.14. The van der Waals surface area contributed by atoms with Crippen molar-refractivity contribution in [2.45, 2.75) is 13.0 Å². The maximum atomic E-state index is 12.2. The second kappa shape index (κ2) is 8.17. The number of non-ortho nitro benzene ring substituents is 1. The molecule has 0 unspecified atom stereocenters. The van der Waals surface area contributed by atoms with E-state index in [4.69, 9.17) is 0 Å². The molecular formula is C20H17N4O4-. The highest BCUT2D eigenvalue weighted by Gasteiger charge is 2.12. The second-order valence-electron chi connectivity index (χ2n) is 6.14. The summed E-state index contributed by atoms with van der Waals surface area (Å²) in [5.41, 5.74) is 2.90. The van der Waals surface area contributed by atoms with Gasteiger partial charge in [0.25, 0.3) is 11.6 Å². The Morgan fingerprint density at radius 3 is 2.61 bits per heavy atom. The number of fused-ring (bicyclic) bond motifs is 1. The Morgan fingerprint density at radius 1 is 1.11 bits per heavy atom. The Morgan fingerprint density at radius 2 is 1.86 bits per heavy atom. The molecule has 8 nitrogen and oxygen atoms in total. The van der Waals surface area contributed by atoms with Gasteiger partial charge in [-0.1, -0.05) is 42.1 Å². The van der Waals surface area contributed by atoms with Crippen LogP contribution in [0.2, 0.25) is 0 Å². The molecule has 0 saturated carbocycles. The molecule has 142 valence electrons. The van der Waals surface area contributed by atoms with Crippen molar-refractivity contribution in [3.8, 4) is 5.75 Å². The SMILES string of the molecule is C[C@H](Nc1ccc2ccccc2c1)C(=O)N/N=C\c1cc([N+](=O)[O-])ccc1[O-]. The van der Waals surface area contributed by atoms with E-state index in [1.54, 1.807) is 6.92 Å². The van der Waals surface area contributed by atoms with Gasteiger partial charge in [-0.3, -0.25) is 14.9 Å². The molecule has 0 radical (unpaired) electrons. The number of anilines is 1. The molecule has 0 aliphatic carbocycles. The van der Waals surface area contributed by atoms with E-state index in [0.29, 0.717) is 0 Å². The van der Waals surface area contributed by atoms with Crippen molar-refractivity contribution in [2.75, 3.05) is 5.32 Å². The number of rotatable bonds is 6. The van der Waals surface area contributed by atoms with Crippen LogP contribution < -0.4 is 15.8 Å². The molecule has 0 saturated heterocycles. The molecule has 1 amide bonds. The normalized spacial score (nSPS) is 12.0. The number of nitro benzene ring substituents is 1. The van der Waals surface area contributed by atoms with E-state index in [2.05, 4.69) is 15.8 Å². The maximum absolute atomic E-state index is 12.2. The molecule has 0 aliphatic heterocycles. The number of hydrogen-bond acceptors (Lipinski definition) is 6. The minimum atomic E-state index is -0.606. The Balaban J connectivity index is 1.63. The molecule has 0 aliphatic rings. The van der Waals surface area contributed by atoms with Crippen LogP contribution in [0, 0.1) is 10.1 Å². The fourth-order valence-corrected chi connectivity index (χ4v) is 2.61. The number of carbonyl (C=O) groups is 1. The fourth-order valence-electron chi connectivity index (χ4n) is 2.61. The first-order valence-corrected chi connectivity index (χ1v) is 8.48. The Hall–Kier alpha value is -3.94. The minimum absolute atomic E-state index is 0.0182. The number of nitrogens with zero attached hydrogens (tertiary/aromatic N) is 2. The van der Waals surface area contributed by atoms with E-state index in [0.717, 1.165) is 40.9 Å². The number of nitro groups is 1. The molecule has 0 aromatic heterocycles. The second-order valence-corrected chi connectivity index (χ2v) is 6.14. The zero-order valence-electron chi connectivity index (χ0n) is 15.0. The third-order valence-corrected chi connectivity index (χ3v) is 4.11. The molecule has 3 rings (SSSR count). The topological polar surface area (TPSA) is 120 Å². The Labute approximate surface area is 160 Å². The summed E-state index contributed by atoms with van der Waals surface area (Å²) in [6, 6.07) is 16.4. The summed E-state index contributed by atoms with van der Waals surface area (Å²) in [5, 5.41) is 31.4. The standard InChI is InChI=1S/C20H18N4O4/c1-13(22-17-7-6-14-4-2-3-5-15(14)10-17)20(26)23-21-12-16-11-18(24(27)28)8-9-19(16)25/h2-13,22,25H,1H3,(H,23,26)/p-1/b21-12-/t13-/m0/s1. The fraction of sp³-hybridized carbons (Fsp3) is 0.100. The summed E-state index contributed by atoms with van der Waals surface area (Å²) in [6.07, 6.45) is 1.09. The van der Waals surface area contributed by atoms with Crippen LogP contribution in [-0.2, 0) is 4.79 Å². The van der Waals surface area contributed by atoms with Gasteiger partial charge in [0.15, 0.2) is 0 Å². The van der Waals surface area contributed by atoms with Crippen LogP contribution in [-0.4, -0.2) is 23.1 Å². The third-order valence-electron chi connectivity index (χ3n) is 4.11. The smallest absolute Gasteiger partial charge is 0.270 e. The molecule has 3 aromatic rings. The molecule has 8 heteroatoms. The third kappa shape index (κ3) is 4.42. The van der Waals surface area contributed by atoms with Gasteiger partial charge in [-0.05, 0) is 35.4 Å². The number of benzene rings is 3. The van der Waals surface area contributed by atoms with E-state index in [1.165, 1.54) is 0 Å². The predicted molar refractivity (Wildman–Crippen MR) is 105 cm³/mol. The molecule has 3 aromatic carbocycles. The first kappa shape index (κ1) is 18.8. The molecule has 0 heterocycles. The average Bonchev–Trinajstić information content (AvgIpc) is 2.69. The molecule has 1 atom stereocenters. The van der Waals surface area contributed by atoms with Crippen molar-refractivity contribution in [3.63, 3.8) is 0 Å². The van der Waals surface area contributed by atoms with Gasteiger partial charge in [0.2, 0.25) is 0 Å². The van der Waals surface area contributed by atoms with Crippen LogP contribution in [0.5, 0.6) is 5.75 Å². The van der Waals surface area contributed by atoms with Gasteiger partial charge >= 0.3 is 0 Å². The lowest BCUT2D eigenvalue weighted by atomic mass is 10.1. The van der Waals surface area contributed by atoms with Gasteiger partial charge in [0.1, 0.15) is 6.04 Å². The van der Waals surface area contributed by atoms with E-state index in [-0.39, 0.29) is 11.3 Å². The Kier molecular flexibility index (Phi) is 5.50. The largest absolute Gasteiger partial charge is 0.872 e. The number of amides is 1. The van der Waals surface area contributed by atoms with Crippen molar-refractivity contribution >= 4 is 34.3 Å². The first-order chi connectivity index (χ1) is 13.4. The van der Waals surface area contributed by atoms with Crippen LogP contribution in [0.15, 0.2) is 65.8 Å². The van der Waals surface area contributed by atoms with E-state index in [9.17, 15) is 20.0 Å². The highest BCUT2D eigenvalue weighted by atomic mass is 16.6. The lowest BCUT2D eigenvalue weighted by molar-refractivity contribution is -0.385. The van der Waals surface area contributed by atoms with Crippen molar-refractivity contribution in [1.29, 1.82) is 0 Å².